The van der Waals surface area contributed by atoms with E-state index >= 15 is 0 Å². The van der Waals surface area contributed by atoms with Gasteiger partial charge in [-0.2, -0.15) is 0 Å². The number of ether oxygens (including phenoxy) is 2. The van der Waals surface area contributed by atoms with Crippen LogP contribution in [0.25, 0.3) is 0 Å². The molecule has 0 aromatic carbocycles. The summed E-state index contributed by atoms with van der Waals surface area (Å²) in [6.45, 7) is 4.70. The van der Waals surface area contributed by atoms with Crippen molar-refractivity contribution in [2.75, 3.05) is 26.1 Å². The van der Waals surface area contributed by atoms with Crippen molar-refractivity contribution in [3.8, 4) is 0 Å². The van der Waals surface area contributed by atoms with Crippen molar-refractivity contribution in [1.82, 2.24) is 4.98 Å². The summed E-state index contributed by atoms with van der Waals surface area (Å²) in [4.78, 5) is 15.4. The number of rotatable bonds is 7. The van der Waals surface area contributed by atoms with Gasteiger partial charge in [0.1, 0.15) is 0 Å². The van der Waals surface area contributed by atoms with Gasteiger partial charge in [-0.1, -0.05) is 0 Å². The zero-order valence-electron chi connectivity index (χ0n) is 11.3. The van der Waals surface area contributed by atoms with E-state index < -0.39 is 0 Å². The predicted molar refractivity (Wildman–Crippen MR) is 72.0 cm³/mol. The Bertz CT molecular complexity index is 390. The van der Waals surface area contributed by atoms with Crippen LogP contribution in [0.5, 0.6) is 0 Å². The number of aryl methyl sites for hydroxylation is 1. The van der Waals surface area contributed by atoms with Crippen LogP contribution < -0.4 is 5.32 Å². The topological polar surface area (TPSA) is 60.5 Å². The molecule has 0 saturated heterocycles. The third kappa shape index (κ3) is 5.01. The van der Waals surface area contributed by atoms with E-state index in [0.717, 1.165) is 10.8 Å². The minimum atomic E-state index is -0.224. The molecule has 1 heterocycles. The first-order valence-corrected chi connectivity index (χ1v) is 6.65. The van der Waals surface area contributed by atoms with Gasteiger partial charge in [-0.25, -0.2) is 4.98 Å². The lowest BCUT2D eigenvalue weighted by molar-refractivity contribution is -0.140. The number of carbonyl (C=O) groups excluding carboxylic acids is 1. The molecule has 0 atom stereocenters. The number of carbonyl (C=O) groups is 1. The van der Waals surface area contributed by atoms with Gasteiger partial charge in [-0.05, 0) is 13.8 Å². The Hall–Kier alpha value is -1.14. The smallest absolute Gasteiger partial charge is 0.305 e. The lowest BCUT2D eigenvalue weighted by Crippen LogP contribution is -2.32. The molecule has 1 N–H and O–H groups in total. The van der Waals surface area contributed by atoms with Gasteiger partial charge in [-0.15, -0.1) is 11.3 Å². The molecular formula is C12H20N2O3S. The standard InChI is InChI=1S/C12H20N2O3S/c1-12(2,17-4)8-13-11-14-9(7-18-11)5-6-10(15)16-3/h7H,5-6,8H2,1-4H3,(H,13,14). The molecule has 0 aliphatic heterocycles. The first kappa shape index (κ1) is 14.9. The molecule has 1 rings (SSSR count). The Morgan fingerprint density at radius 2 is 2.22 bits per heavy atom. The third-order valence-corrected chi connectivity index (χ3v) is 3.43. The van der Waals surface area contributed by atoms with E-state index in [1.54, 1.807) is 7.11 Å². The summed E-state index contributed by atoms with van der Waals surface area (Å²) in [5.74, 6) is -0.210. The second-order valence-electron chi connectivity index (χ2n) is 4.54. The average Bonchev–Trinajstić information content (AvgIpc) is 2.81. The SMILES string of the molecule is COC(=O)CCc1csc(NCC(C)(C)OC)n1. The third-order valence-electron chi connectivity index (χ3n) is 2.58. The molecule has 0 spiro atoms. The second-order valence-corrected chi connectivity index (χ2v) is 5.40. The molecule has 0 saturated carbocycles. The summed E-state index contributed by atoms with van der Waals surface area (Å²) in [7, 11) is 3.08. The number of esters is 1. The molecule has 0 fully saturated rings. The maximum Gasteiger partial charge on any atom is 0.305 e. The highest BCUT2D eigenvalue weighted by atomic mass is 32.1. The van der Waals surface area contributed by atoms with Gasteiger partial charge < -0.3 is 14.8 Å². The zero-order chi connectivity index (χ0) is 13.6. The summed E-state index contributed by atoms with van der Waals surface area (Å²) in [5.41, 5.74) is 0.681. The monoisotopic (exact) mass is 272 g/mol. The molecule has 5 nitrogen and oxygen atoms in total. The van der Waals surface area contributed by atoms with Crippen LogP contribution in [0.3, 0.4) is 0 Å². The molecule has 0 bridgehead atoms. The van der Waals surface area contributed by atoms with Gasteiger partial charge in [0.2, 0.25) is 0 Å². The minimum Gasteiger partial charge on any atom is -0.469 e. The van der Waals surface area contributed by atoms with E-state index in [-0.39, 0.29) is 11.6 Å². The maximum absolute atomic E-state index is 11.0. The summed E-state index contributed by atoms with van der Waals surface area (Å²) in [5, 5.41) is 6.02. The van der Waals surface area contributed by atoms with E-state index in [1.807, 2.05) is 19.2 Å². The van der Waals surface area contributed by atoms with Gasteiger partial charge in [0.05, 0.1) is 24.8 Å². The molecule has 0 aliphatic rings. The van der Waals surface area contributed by atoms with Crippen LogP contribution in [-0.2, 0) is 20.7 Å². The highest BCUT2D eigenvalue weighted by Gasteiger charge is 2.16. The maximum atomic E-state index is 11.0. The Labute approximate surface area is 112 Å². The van der Waals surface area contributed by atoms with Crippen molar-refractivity contribution in [3.05, 3.63) is 11.1 Å². The van der Waals surface area contributed by atoms with Crippen molar-refractivity contribution in [3.63, 3.8) is 0 Å². The van der Waals surface area contributed by atoms with Crippen LogP contribution >= 0.6 is 11.3 Å². The van der Waals surface area contributed by atoms with E-state index in [2.05, 4.69) is 15.0 Å². The molecule has 6 heteroatoms. The van der Waals surface area contributed by atoms with Crippen LogP contribution in [0, 0.1) is 0 Å². The van der Waals surface area contributed by atoms with Crippen molar-refractivity contribution in [1.29, 1.82) is 0 Å². The minimum absolute atomic E-state index is 0.210. The largest absolute Gasteiger partial charge is 0.469 e. The summed E-state index contributed by atoms with van der Waals surface area (Å²) < 4.78 is 9.90. The molecule has 102 valence electrons. The molecule has 0 aliphatic carbocycles. The summed E-state index contributed by atoms with van der Waals surface area (Å²) in [6.07, 6.45) is 0.974. The fourth-order valence-corrected chi connectivity index (χ4v) is 1.94. The van der Waals surface area contributed by atoms with Gasteiger partial charge in [0.15, 0.2) is 5.13 Å². The number of thiazole rings is 1. The second kappa shape index (κ2) is 6.70. The number of nitrogens with zero attached hydrogens (tertiary/aromatic N) is 1. The van der Waals surface area contributed by atoms with Crippen molar-refractivity contribution in [2.45, 2.75) is 32.3 Å². The number of hydrogen-bond donors (Lipinski definition) is 1. The van der Waals surface area contributed by atoms with Crippen LogP contribution in [0.2, 0.25) is 0 Å². The first-order chi connectivity index (χ1) is 8.46. The summed E-state index contributed by atoms with van der Waals surface area (Å²) in [6, 6.07) is 0. The van der Waals surface area contributed by atoms with Crippen LogP contribution in [0.15, 0.2) is 5.38 Å². The lowest BCUT2D eigenvalue weighted by Gasteiger charge is -2.22. The number of methoxy groups -OCH3 is 2. The fourth-order valence-electron chi connectivity index (χ4n) is 1.20. The first-order valence-electron chi connectivity index (χ1n) is 5.77. The van der Waals surface area contributed by atoms with Crippen molar-refractivity contribution >= 4 is 22.4 Å². The van der Waals surface area contributed by atoms with E-state index in [0.29, 0.717) is 19.4 Å². The predicted octanol–water partition coefficient (Wildman–Crippen LogP) is 2.09. The van der Waals surface area contributed by atoms with Gasteiger partial charge >= 0.3 is 5.97 Å². The number of nitrogens with one attached hydrogen (secondary N) is 1. The average molecular weight is 272 g/mol. The quantitative estimate of drug-likeness (QED) is 0.770. The Morgan fingerprint density at radius 3 is 2.83 bits per heavy atom. The molecule has 1 aromatic rings. The van der Waals surface area contributed by atoms with E-state index in [9.17, 15) is 4.79 Å². The summed E-state index contributed by atoms with van der Waals surface area (Å²) >= 11 is 1.53. The van der Waals surface area contributed by atoms with Crippen molar-refractivity contribution < 1.29 is 14.3 Å². The van der Waals surface area contributed by atoms with Crippen LogP contribution in [-0.4, -0.2) is 37.3 Å². The number of hydrogen-bond acceptors (Lipinski definition) is 6. The van der Waals surface area contributed by atoms with E-state index in [4.69, 9.17) is 4.74 Å². The zero-order valence-corrected chi connectivity index (χ0v) is 12.1. The fraction of sp³-hybridized carbons (Fsp3) is 0.667. The molecular weight excluding hydrogens is 252 g/mol. The molecule has 0 unspecified atom stereocenters. The van der Waals surface area contributed by atoms with Crippen LogP contribution in [0.1, 0.15) is 26.0 Å². The Morgan fingerprint density at radius 1 is 1.50 bits per heavy atom. The molecule has 0 amide bonds. The highest BCUT2D eigenvalue weighted by molar-refractivity contribution is 7.13. The highest BCUT2D eigenvalue weighted by Crippen LogP contribution is 2.18. The van der Waals surface area contributed by atoms with Crippen molar-refractivity contribution in [2.24, 2.45) is 0 Å². The number of aromatic nitrogens is 1. The normalized spacial score (nSPS) is 11.3. The van der Waals surface area contributed by atoms with Gasteiger partial charge in [0.25, 0.3) is 0 Å². The molecule has 18 heavy (non-hydrogen) atoms. The van der Waals surface area contributed by atoms with E-state index in [1.165, 1.54) is 18.4 Å². The lowest BCUT2D eigenvalue weighted by atomic mass is 10.1. The molecule has 1 aromatic heterocycles. The Kier molecular flexibility index (Phi) is 5.55. The van der Waals surface area contributed by atoms with Crippen LogP contribution in [0.4, 0.5) is 5.13 Å². The molecule has 0 radical (unpaired) electrons. The number of anilines is 1. The van der Waals surface area contributed by atoms with Gasteiger partial charge in [0, 0.05) is 25.5 Å². The van der Waals surface area contributed by atoms with Gasteiger partial charge in [-0.3, -0.25) is 4.79 Å². The Balaban J connectivity index is 2.41.